The average molecular weight is 490 g/mol. The molecule has 1 amide bonds. The second-order valence-electron chi connectivity index (χ2n) is 7.08. The van der Waals surface area contributed by atoms with E-state index in [0.29, 0.717) is 27.4 Å². The predicted octanol–water partition coefficient (Wildman–Crippen LogP) is 5.25. The third-order valence-electron chi connectivity index (χ3n) is 4.99. The molecule has 0 aliphatic heterocycles. The lowest BCUT2D eigenvalue weighted by Crippen LogP contribution is -2.32. The summed E-state index contributed by atoms with van der Waals surface area (Å²) >= 11 is 7.35. The number of nitriles is 1. The van der Waals surface area contributed by atoms with Crippen LogP contribution < -0.4 is 9.64 Å². The number of hydrogen-bond acceptors (Lipinski definition) is 6. The van der Waals surface area contributed by atoms with Gasteiger partial charge in [0.1, 0.15) is 12.3 Å². The number of nitrogens with zero attached hydrogens (tertiary/aromatic N) is 5. The molecule has 170 valence electrons. The normalized spacial score (nSPS) is 10.5. The van der Waals surface area contributed by atoms with Crippen LogP contribution in [0.1, 0.15) is 0 Å². The van der Waals surface area contributed by atoms with Crippen LogP contribution in [0, 0.1) is 11.3 Å². The summed E-state index contributed by atoms with van der Waals surface area (Å²) in [6.07, 6.45) is 0. The van der Waals surface area contributed by atoms with Crippen molar-refractivity contribution in [1.82, 2.24) is 14.8 Å². The van der Waals surface area contributed by atoms with E-state index in [1.807, 2.05) is 59.2 Å². The SMILES string of the molecule is COc1ccccc1-c1nnc(SCC(=O)N(CC#N)c2ccccc2)n1-c1ccc(Cl)cc1. The lowest BCUT2D eigenvalue weighted by molar-refractivity contribution is -0.116. The molecular formula is C25H20ClN5O2S. The lowest BCUT2D eigenvalue weighted by Gasteiger charge is -2.19. The number of carbonyl (C=O) groups excluding carboxylic acids is 1. The summed E-state index contributed by atoms with van der Waals surface area (Å²) in [5, 5.41) is 19.1. The third-order valence-corrected chi connectivity index (χ3v) is 6.15. The number of aromatic nitrogens is 3. The highest BCUT2D eigenvalue weighted by atomic mass is 35.5. The maximum atomic E-state index is 13.0. The van der Waals surface area contributed by atoms with Crippen LogP contribution in [0.15, 0.2) is 84.0 Å². The molecule has 0 spiro atoms. The molecule has 0 bridgehead atoms. The summed E-state index contributed by atoms with van der Waals surface area (Å²) in [5.41, 5.74) is 2.23. The smallest absolute Gasteiger partial charge is 0.238 e. The number of amides is 1. The van der Waals surface area contributed by atoms with Crippen LogP contribution in [0.4, 0.5) is 5.69 Å². The van der Waals surface area contributed by atoms with E-state index in [0.717, 1.165) is 11.3 Å². The summed E-state index contributed by atoms with van der Waals surface area (Å²) in [5.74, 6) is 1.10. The van der Waals surface area contributed by atoms with Crippen LogP contribution in [0.2, 0.25) is 5.02 Å². The van der Waals surface area contributed by atoms with Gasteiger partial charge in [-0.2, -0.15) is 5.26 Å². The number of halogens is 1. The summed E-state index contributed by atoms with van der Waals surface area (Å²) in [4.78, 5) is 14.5. The molecule has 1 aromatic heterocycles. The molecule has 0 radical (unpaired) electrons. The number of carbonyl (C=O) groups is 1. The molecule has 0 saturated carbocycles. The van der Waals surface area contributed by atoms with Crippen molar-refractivity contribution in [3.05, 3.63) is 83.9 Å². The van der Waals surface area contributed by atoms with Crippen molar-refractivity contribution < 1.29 is 9.53 Å². The predicted molar refractivity (Wildman–Crippen MR) is 133 cm³/mol. The fourth-order valence-corrected chi connectivity index (χ4v) is 4.35. The van der Waals surface area contributed by atoms with Crippen molar-refractivity contribution in [2.24, 2.45) is 0 Å². The summed E-state index contributed by atoms with van der Waals surface area (Å²) in [6, 6.07) is 26.0. The average Bonchev–Trinajstić information content (AvgIpc) is 3.30. The number of benzene rings is 3. The topological polar surface area (TPSA) is 84.0 Å². The van der Waals surface area contributed by atoms with Crippen LogP contribution in [0.5, 0.6) is 5.75 Å². The largest absolute Gasteiger partial charge is 0.496 e. The standard InChI is InChI=1S/C25H20ClN5O2S/c1-33-22-10-6-5-9-21(22)24-28-29-25(31(24)20-13-11-18(26)12-14-20)34-17-23(32)30(16-15-27)19-7-3-2-4-8-19/h2-14H,16-17H2,1H3. The van der Waals surface area contributed by atoms with Gasteiger partial charge in [0.05, 0.1) is 24.5 Å². The van der Waals surface area contributed by atoms with Gasteiger partial charge in [0.15, 0.2) is 11.0 Å². The van der Waals surface area contributed by atoms with Gasteiger partial charge >= 0.3 is 0 Å². The van der Waals surface area contributed by atoms with E-state index in [9.17, 15) is 10.1 Å². The molecule has 7 nitrogen and oxygen atoms in total. The van der Waals surface area contributed by atoms with Crippen molar-refractivity contribution in [2.75, 3.05) is 24.3 Å². The van der Waals surface area contributed by atoms with Crippen LogP contribution in [-0.2, 0) is 4.79 Å². The van der Waals surface area contributed by atoms with Gasteiger partial charge in [-0.15, -0.1) is 10.2 Å². The first kappa shape index (κ1) is 23.4. The van der Waals surface area contributed by atoms with Crippen molar-refractivity contribution >= 4 is 35.0 Å². The van der Waals surface area contributed by atoms with Gasteiger partial charge < -0.3 is 4.74 Å². The number of para-hydroxylation sites is 2. The first-order valence-electron chi connectivity index (χ1n) is 10.3. The fourth-order valence-electron chi connectivity index (χ4n) is 3.40. The Labute approximate surface area is 206 Å². The Bertz CT molecular complexity index is 1320. The number of rotatable bonds is 8. The van der Waals surface area contributed by atoms with Gasteiger partial charge in [-0.1, -0.05) is 53.7 Å². The number of thioether (sulfide) groups is 1. The van der Waals surface area contributed by atoms with Crippen molar-refractivity contribution in [2.45, 2.75) is 5.16 Å². The van der Waals surface area contributed by atoms with Gasteiger partial charge in [-0.25, -0.2) is 0 Å². The molecule has 4 aromatic rings. The molecule has 0 fully saturated rings. The van der Waals surface area contributed by atoms with Gasteiger partial charge in [0, 0.05) is 16.4 Å². The first-order chi connectivity index (χ1) is 16.6. The van der Waals surface area contributed by atoms with Crippen molar-refractivity contribution in [1.29, 1.82) is 5.26 Å². The molecule has 1 heterocycles. The maximum absolute atomic E-state index is 13.0. The monoisotopic (exact) mass is 489 g/mol. The van der Waals surface area contributed by atoms with E-state index in [1.54, 1.807) is 31.4 Å². The molecule has 0 unspecified atom stereocenters. The first-order valence-corrected chi connectivity index (χ1v) is 11.7. The Kier molecular flexibility index (Phi) is 7.48. The maximum Gasteiger partial charge on any atom is 0.238 e. The third kappa shape index (κ3) is 5.06. The zero-order valence-corrected chi connectivity index (χ0v) is 19.8. The lowest BCUT2D eigenvalue weighted by atomic mass is 10.2. The number of hydrogen-bond donors (Lipinski definition) is 0. The minimum Gasteiger partial charge on any atom is -0.496 e. The Hall–Kier alpha value is -3.80. The van der Waals surface area contributed by atoms with E-state index < -0.39 is 0 Å². The Morgan fingerprint density at radius 3 is 2.47 bits per heavy atom. The second-order valence-corrected chi connectivity index (χ2v) is 8.46. The van der Waals surface area contributed by atoms with Crippen LogP contribution in [0.25, 0.3) is 17.1 Å². The van der Waals surface area contributed by atoms with Gasteiger partial charge in [0.25, 0.3) is 0 Å². The molecule has 4 rings (SSSR count). The highest BCUT2D eigenvalue weighted by Crippen LogP contribution is 2.33. The Balaban J connectivity index is 1.68. The molecule has 3 aromatic carbocycles. The van der Waals surface area contributed by atoms with Crippen LogP contribution in [-0.4, -0.2) is 40.1 Å². The fraction of sp³-hybridized carbons (Fsp3) is 0.120. The molecule has 34 heavy (non-hydrogen) atoms. The summed E-state index contributed by atoms with van der Waals surface area (Å²) in [7, 11) is 1.60. The van der Waals surface area contributed by atoms with Crippen molar-refractivity contribution in [3.8, 4) is 28.9 Å². The minimum atomic E-state index is -0.206. The quantitative estimate of drug-likeness (QED) is 0.248. The highest BCUT2D eigenvalue weighted by Gasteiger charge is 2.22. The van der Waals surface area contributed by atoms with Crippen molar-refractivity contribution in [3.63, 3.8) is 0 Å². The van der Waals surface area contributed by atoms with E-state index in [4.69, 9.17) is 16.3 Å². The molecule has 0 N–H and O–H groups in total. The molecule has 9 heteroatoms. The number of ether oxygens (including phenoxy) is 1. The van der Waals surface area contributed by atoms with Gasteiger partial charge in [0.2, 0.25) is 5.91 Å². The molecule has 0 atom stereocenters. The summed E-state index contributed by atoms with van der Waals surface area (Å²) < 4.78 is 7.39. The number of methoxy groups -OCH3 is 1. The zero-order valence-electron chi connectivity index (χ0n) is 18.3. The van der Waals surface area contributed by atoms with E-state index in [2.05, 4.69) is 16.3 Å². The summed E-state index contributed by atoms with van der Waals surface area (Å²) in [6.45, 7) is -0.0419. The Morgan fingerprint density at radius 1 is 1.06 bits per heavy atom. The van der Waals surface area contributed by atoms with Crippen LogP contribution >= 0.6 is 23.4 Å². The molecule has 0 aliphatic carbocycles. The van der Waals surface area contributed by atoms with Gasteiger partial charge in [-0.05, 0) is 48.5 Å². The molecule has 0 aliphatic rings. The molecule has 0 saturated heterocycles. The molecular weight excluding hydrogens is 470 g/mol. The number of anilines is 1. The zero-order chi connectivity index (χ0) is 23.9. The van der Waals surface area contributed by atoms with E-state index in [-0.39, 0.29) is 18.2 Å². The van der Waals surface area contributed by atoms with E-state index >= 15 is 0 Å². The van der Waals surface area contributed by atoms with Crippen LogP contribution in [0.3, 0.4) is 0 Å². The highest BCUT2D eigenvalue weighted by molar-refractivity contribution is 7.99. The second kappa shape index (κ2) is 10.9. The van der Waals surface area contributed by atoms with E-state index in [1.165, 1.54) is 16.7 Å². The Morgan fingerprint density at radius 2 is 1.76 bits per heavy atom. The minimum absolute atomic E-state index is 0.0419. The van der Waals surface area contributed by atoms with Gasteiger partial charge in [-0.3, -0.25) is 14.3 Å².